The third kappa shape index (κ3) is 5.10. The minimum absolute atomic E-state index is 0.0489. The minimum Gasteiger partial charge on any atom is -0.491 e. The highest BCUT2D eigenvalue weighted by molar-refractivity contribution is 5.82. The van der Waals surface area contributed by atoms with Crippen LogP contribution in [0.15, 0.2) is 46.9 Å². The van der Waals surface area contributed by atoms with Gasteiger partial charge in [-0.05, 0) is 63.6 Å². The van der Waals surface area contributed by atoms with Crippen molar-refractivity contribution in [3.05, 3.63) is 65.2 Å². The van der Waals surface area contributed by atoms with Crippen LogP contribution in [0, 0.1) is 12.7 Å². The SMILES string of the molecule is Cc1c(C(C)NC(=O)NCC(O)c2ccc(OC(C)C)cc2)oc2ccc(F)cc12. The number of aryl methyl sites for hydroxylation is 1. The summed E-state index contributed by atoms with van der Waals surface area (Å²) in [5.41, 5.74) is 2.02. The molecule has 0 saturated carbocycles. The number of carbonyl (C=O) groups is 1. The molecule has 0 spiro atoms. The molecule has 2 amide bonds. The number of fused-ring (bicyclic) bond motifs is 1. The number of aliphatic hydroxyl groups is 1. The molecule has 2 atom stereocenters. The number of rotatable bonds is 7. The van der Waals surface area contributed by atoms with Gasteiger partial charge < -0.3 is 24.9 Å². The third-order valence-electron chi connectivity index (χ3n) is 4.77. The van der Waals surface area contributed by atoms with E-state index in [4.69, 9.17) is 9.15 Å². The van der Waals surface area contributed by atoms with Gasteiger partial charge in [0.2, 0.25) is 0 Å². The summed E-state index contributed by atoms with van der Waals surface area (Å²) in [5.74, 6) is 0.947. The number of urea groups is 1. The van der Waals surface area contributed by atoms with Gasteiger partial charge in [0, 0.05) is 17.5 Å². The number of ether oxygens (including phenoxy) is 1. The van der Waals surface area contributed by atoms with Crippen molar-refractivity contribution in [3.8, 4) is 5.75 Å². The van der Waals surface area contributed by atoms with E-state index in [2.05, 4.69) is 10.6 Å². The first kappa shape index (κ1) is 21.6. The normalized spacial score (nSPS) is 13.3. The smallest absolute Gasteiger partial charge is 0.315 e. The second-order valence-corrected chi connectivity index (χ2v) is 7.56. The monoisotopic (exact) mass is 414 g/mol. The topological polar surface area (TPSA) is 83.7 Å². The van der Waals surface area contributed by atoms with E-state index in [0.717, 1.165) is 11.3 Å². The molecule has 0 saturated heterocycles. The molecular formula is C23H27FN2O4. The molecule has 0 aliphatic carbocycles. The Hall–Kier alpha value is -3.06. The molecular weight excluding hydrogens is 387 g/mol. The van der Waals surface area contributed by atoms with E-state index in [-0.39, 0.29) is 18.5 Å². The van der Waals surface area contributed by atoms with Crippen molar-refractivity contribution >= 4 is 17.0 Å². The number of benzene rings is 2. The molecule has 0 aliphatic heterocycles. The number of nitrogens with one attached hydrogen (secondary N) is 2. The highest BCUT2D eigenvalue weighted by atomic mass is 19.1. The van der Waals surface area contributed by atoms with Crippen molar-refractivity contribution in [1.29, 1.82) is 0 Å². The Bertz CT molecular complexity index is 1010. The maximum absolute atomic E-state index is 13.5. The lowest BCUT2D eigenvalue weighted by molar-refractivity contribution is 0.172. The highest BCUT2D eigenvalue weighted by Crippen LogP contribution is 2.29. The van der Waals surface area contributed by atoms with Gasteiger partial charge in [-0.3, -0.25) is 0 Å². The van der Waals surface area contributed by atoms with Crippen molar-refractivity contribution in [3.63, 3.8) is 0 Å². The number of carbonyl (C=O) groups excluding carboxylic acids is 1. The number of hydrogen-bond acceptors (Lipinski definition) is 4. The molecule has 6 nitrogen and oxygen atoms in total. The van der Waals surface area contributed by atoms with Crippen LogP contribution in [0.25, 0.3) is 11.0 Å². The number of aliphatic hydroxyl groups excluding tert-OH is 1. The van der Waals surface area contributed by atoms with Crippen LogP contribution in [0.3, 0.4) is 0 Å². The number of hydrogen-bond donors (Lipinski definition) is 3. The van der Waals surface area contributed by atoms with E-state index in [1.165, 1.54) is 12.1 Å². The molecule has 1 aromatic heterocycles. The molecule has 0 fully saturated rings. The van der Waals surface area contributed by atoms with Crippen LogP contribution in [0.1, 0.15) is 49.8 Å². The van der Waals surface area contributed by atoms with Crippen molar-refractivity contribution in [2.24, 2.45) is 0 Å². The number of amides is 2. The second-order valence-electron chi connectivity index (χ2n) is 7.56. The van der Waals surface area contributed by atoms with E-state index < -0.39 is 18.2 Å². The van der Waals surface area contributed by atoms with Crippen LogP contribution in [0.5, 0.6) is 5.75 Å². The van der Waals surface area contributed by atoms with Gasteiger partial charge in [0.25, 0.3) is 0 Å². The van der Waals surface area contributed by atoms with Gasteiger partial charge in [-0.1, -0.05) is 12.1 Å². The summed E-state index contributed by atoms with van der Waals surface area (Å²) < 4.78 is 24.8. The lowest BCUT2D eigenvalue weighted by atomic mass is 10.1. The molecule has 0 radical (unpaired) electrons. The first-order valence-electron chi connectivity index (χ1n) is 9.92. The first-order valence-corrected chi connectivity index (χ1v) is 9.92. The predicted molar refractivity (Wildman–Crippen MR) is 113 cm³/mol. The van der Waals surface area contributed by atoms with Crippen LogP contribution in [-0.2, 0) is 0 Å². The van der Waals surface area contributed by atoms with Gasteiger partial charge in [0.15, 0.2) is 0 Å². The lowest BCUT2D eigenvalue weighted by Crippen LogP contribution is -2.39. The fourth-order valence-electron chi connectivity index (χ4n) is 3.29. The van der Waals surface area contributed by atoms with Gasteiger partial charge in [-0.2, -0.15) is 0 Å². The van der Waals surface area contributed by atoms with Gasteiger partial charge in [0.1, 0.15) is 22.9 Å². The summed E-state index contributed by atoms with van der Waals surface area (Å²) in [7, 11) is 0. The number of halogens is 1. The Kier molecular flexibility index (Phi) is 6.62. The summed E-state index contributed by atoms with van der Waals surface area (Å²) in [6, 6.07) is 10.6. The van der Waals surface area contributed by atoms with E-state index in [1.54, 1.807) is 37.3 Å². The van der Waals surface area contributed by atoms with Gasteiger partial charge in [0.05, 0.1) is 18.2 Å². The molecule has 160 valence electrons. The van der Waals surface area contributed by atoms with Gasteiger partial charge in [-0.15, -0.1) is 0 Å². The molecule has 3 aromatic rings. The van der Waals surface area contributed by atoms with E-state index >= 15 is 0 Å². The van der Waals surface area contributed by atoms with Crippen molar-refractivity contribution < 1.29 is 23.4 Å². The zero-order chi connectivity index (χ0) is 21.8. The summed E-state index contributed by atoms with van der Waals surface area (Å²) in [5, 5.41) is 16.4. The van der Waals surface area contributed by atoms with Gasteiger partial charge in [-0.25, -0.2) is 9.18 Å². The Labute approximate surface area is 175 Å². The van der Waals surface area contributed by atoms with Crippen molar-refractivity contribution in [1.82, 2.24) is 10.6 Å². The second kappa shape index (κ2) is 9.17. The fraction of sp³-hybridized carbons (Fsp3) is 0.348. The lowest BCUT2D eigenvalue weighted by Gasteiger charge is -2.16. The Morgan fingerprint density at radius 3 is 2.53 bits per heavy atom. The van der Waals surface area contributed by atoms with Gasteiger partial charge >= 0.3 is 6.03 Å². The van der Waals surface area contributed by atoms with Crippen molar-refractivity contribution in [2.75, 3.05) is 6.54 Å². The average Bonchev–Trinajstić information content (AvgIpc) is 3.02. The standard InChI is InChI=1S/C23H27FN2O4/c1-13(2)29-18-8-5-16(6-9-18)20(27)12-25-23(28)26-15(4)22-14(3)19-11-17(24)7-10-21(19)30-22/h5-11,13,15,20,27H,12H2,1-4H3,(H2,25,26,28). The molecule has 7 heteroatoms. The van der Waals surface area contributed by atoms with Crippen molar-refractivity contribution in [2.45, 2.75) is 45.9 Å². The third-order valence-corrected chi connectivity index (χ3v) is 4.77. The van der Waals surface area contributed by atoms with E-state index in [0.29, 0.717) is 22.3 Å². The quantitative estimate of drug-likeness (QED) is 0.520. The molecule has 30 heavy (non-hydrogen) atoms. The van der Waals surface area contributed by atoms with Crippen LogP contribution in [0.4, 0.5) is 9.18 Å². The molecule has 3 rings (SSSR count). The first-order chi connectivity index (χ1) is 14.2. The molecule has 0 bridgehead atoms. The largest absolute Gasteiger partial charge is 0.491 e. The zero-order valence-corrected chi connectivity index (χ0v) is 17.5. The summed E-state index contributed by atoms with van der Waals surface area (Å²) in [4.78, 5) is 12.3. The maximum Gasteiger partial charge on any atom is 0.315 e. The summed E-state index contributed by atoms with van der Waals surface area (Å²) >= 11 is 0. The molecule has 1 heterocycles. The maximum atomic E-state index is 13.5. The summed E-state index contributed by atoms with van der Waals surface area (Å²) in [6.45, 7) is 7.54. The minimum atomic E-state index is -0.852. The molecule has 3 N–H and O–H groups in total. The summed E-state index contributed by atoms with van der Waals surface area (Å²) in [6.07, 6.45) is -0.780. The Morgan fingerprint density at radius 1 is 1.17 bits per heavy atom. The van der Waals surface area contributed by atoms with Crippen LogP contribution >= 0.6 is 0 Å². The fourth-order valence-corrected chi connectivity index (χ4v) is 3.29. The van der Waals surface area contributed by atoms with E-state index in [9.17, 15) is 14.3 Å². The zero-order valence-electron chi connectivity index (χ0n) is 17.5. The van der Waals surface area contributed by atoms with E-state index in [1.807, 2.05) is 20.8 Å². The predicted octanol–water partition coefficient (Wildman–Crippen LogP) is 4.76. The average molecular weight is 414 g/mol. The molecule has 2 aromatic carbocycles. The molecule has 2 unspecified atom stereocenters. The van der Waals surface area contributed by atoms with Crippen LogP contribution < -0.4 is 15.4 Å². The Balaban J connectivity index is 1.56. The number of furan rings is 1. The molecule has 0 aliphatic rings. The Morgan fingerprint density at radius 2 is 1.87 bits per heavy atom. The van der Waals surface area contributed by atoms with Crippen LogP contribution in [-0.4, -0.2) is 23.8 Å². The van der Waals surface area contributed by atoms with Crippen LogP contribution in [0.2, 0.25) is 0 Å². The highest BCUT2D eigenvalue weighted by Gasteiger charge is 2.19.